The van der Waals surface area contributed by atoms with Gasteiger partial charge in [0, 0.05) is 12.6 Å². The summed E-state index contributed by atoms with van der Waals surface area (Å²) >= 11 is 0. The molecular weight excluding hydrogens is 264 g/mol. The number of piperidine rings is 1. The zero-order valence-electron chi connectivity index (χ0n) is 12.9. The average molecular weight is 290 g/mol. The number of ether oxygens (including phenoxy) is 2. The van der Waals surface area contributed by atoms with Gasteiger partial charge in [-0.05, 0) is 56.6 Å². The number of hydrogen-bond donors (Lipinski definition) is 1. The highest BCUT2D eigenvalue weighted by atomic mass is 16.6. The van der Waals surface area contributed by atoms with E-state index in [1.54, 1.807) is 0 Å². The molecule has 1 saturated heterocycles. The van der Waals surface area contributed by atoms with E-state index in [9.17, 15) is 0 Å². The third-order valence-electron chi connectivity index (χ3n) is 4.40. The molecule has 0 spiro atoms. The van der Waals surface area contributed by atoms with Gasteiger partial charge in [-0.2, -0.15) is 0 Å². The van der Waals surface area contributed by atoms with Crippen LogP contribution in [0.1, 0.15) is 25.3 Å². The second kappa shape index (κ2) is 7.14. The van der Waals surface area contributed by atoms with Crippen molar-refractivity contribution in [1.29, 1.82) is 0 Å². The van der Waals surface area contributed by atoms with Crippen molar-refractivity contribution in [2.75, 3.05) is 39.4 Å². The molecule has 0 unspecified atom stereocenters. The van der Waals surface area contributed by atoms with Crippen molar-refractivity contribution in [3.8, 4) is 11.5 Å². The Morgan fingerprint density at radius 2 is 1.90 bits per heavy atom. The third kappa shape index (κ3) is 3.89. The number of likely N-dealkylation sites (tertiary alicyclic amines) is 1. The van der Waals surface area contributed by atoms with Crippen molar-refractivity contribution in [2.24, 2.45) is 0 Å². The molecule has 4 heteroatoms. The fourth-order valence-corrected chi connectivity index (χ4v) is 3.18. The normalized spacial score (nSPS) is 19.7. The predicted molar refractivity (Wildman–Crippen MR) is 84.3 cm³/mol. The molecule has 0 aliphatic carbocycles. The van der Waals surface area contributed by atoms with Gasteiger partial charge in [-0.1, -0.05) is 13.0 Å². The third-order valence-corrected chi connectivity index (χ3v) is 4.40. The number of nitrogens with zero attached hydrogens (tertiary/aromatic N) is 1. The second-order valence-electron chi connectivity index (χ2n) is 5.90. The van der Waals surface area contributed by atoms with Crippen LogP contribution >= 0.6 is 0 Å². The summed E-state index contributed by atoms with van der Waals surface area (Å²) in [5, 5.41) is 3.56. The number of benzene rings is 1. The first-order valence-corrected chi connectivity index (χ1v) is 8.19. The topological polar surface area (TPSA) is 33.7 Å². The van der Waals surface area contributed by atoms with Gasteiger partial charge in [-0.15, -0.1) is 0 Å². The fraction of sp³-hybridized carbons (Fsp3) is 0.647. The summed E-state index contributed by atoms with van der Waals surface area (Å²) in [6.45, 7) is 8.15. The van der Waals surface area contributed by atoms with Crippen LogP contribution in [0.2, 0.25) is 0 Å². The number of fused-ring (bicyclic) bond motifs is 1. The van der Waals surface area contributed by atoms with Gasteiger partial charge >= 0.3 is 0 Å². The Hall–Kier alpha value is -1.26. The molecular formula is C17H26N2O2. The summed E-state index contributed by atoms with van der Waals surface area (Å²) in [5.41, 5.74) is 1.34. The molecule has 0 amide bonds. The summed E-state index contributed by atoms with van der Waals surface area (Å²) in [6.07, 6.45) is 3.63. The van der Waals surface area contributed by atoms with Gasteiger partial charge in [0.1, 0.15) is 13.2 Å². The van der Waals surface area contributed by atoms with Crippen LogP contribution in [0.3, 0.4) is 0 Å². The highest BCUT2D eigenvalue weighted by molar-refractivity contribution is 5.43. The molecule has 2 aliphatic rings. The molecule has 2 aliphatic heterocycles. The lowest BCUT2D eigenvalue weighted by Crippen LogP contribution is -2.43. The van der Waals surface area contributed by atoms with Crippen molar-refractivity contribution in [1.82, 2.24) is 10.2 Å². The van der Waals surface area contributed by atoms with Crippen LogP contribution in [0.25, 0.3) is 0 Å². The molecule has 1 N–H and O–H groups in total. The highest BCUT2D eigenvalue weighted by Crippen LogP contribution is 2.30. The minimum Gasteiger partial charge on any atom is -0.486 e. The summed E-state index contributed by atoms with van der Waals surface area (Å²) < 4.78 is 11.2. The van der Waals surface area contributed by atoms with E-state index in [1.807, 2.05) is 6.07 Å². The van der Waals surface area contributed by atoms with Crippen LogP contribution < -0.4 is 14.8 Å². The molecule has 0 atom stereocenters. The van der Waals surface area contributed by atoms with Gasteiger partial charge in [-0.3, -0.25) is 0 Å². The van der Waals surface area contributed by atoms with Gasteiger partial charge < -0.3 is 19.7 Å². The number of rotatable bonds is 5. The van der Waals surface area contributed by atoms with Gasteiger partial charge in [-0.25, -0.2) is 0 Å². The molecule has 21 heavy (non-hydrogen) atoms. The van der Waals surface area contributed by atoms with Crippen LogP contribution in [-0.2, 0) is 6.42 Å². The summed E-state index contributed by atoms with van der Waals surface area (Å²) in [7, 11) is 0. The zero-order valence-corrected chi connectivity index (χ0v) is 12.9. The van der Waals surface area contributed by atoms with Gasteiger partial charge in [0.15, 0.2) is 11.5 Å². The van der Waals surface area contributed by atoms with E-state index in [0.29, 0.717) is 13.2 Å². The number of hydrogen-bond acceptors (Lipinski definition) is 4. The van der Waals surface area contributed by atoms with E-state index < -0.39 is 0 Å². The van der Waals surface area contributed by atoms with E-state index in [4.69, 9.17) is 9.47 Å². The molecule has 1 aromatic carbocycles. The van der Waals surface area contributed by atoms with Gasteiger partial charge in [0.05, 0.1) is 0 Å². The van der Waals surface area contributed by atoms with Crippen molar-refractivity contribution in [3.63, 3.8) is 0 Å². The van der Waals surface area contributed by atoms with E-state index in [-0.39, 0.29) is 0 Å². The first-order chi connectivity index (χ1) is 10.3. The molecule has 0 radical (unpaired) electrons. The lowest BCUT2D eigenvalue weighted by Gasteiger charge is -2.32. The average Bonchev–Trinajstić information content (AvgIpc) is 2.54. The van der Waals surface area contributed by atoms with Crippen molar-refractivity contribution >= 4 is 0 Å². The first-order valence-electron chi connectivity index (χ1n) is 8.19. The van der Waals surface area contributed by atoms with E-state index >= 15 is 0 Å². The standard InChI is InChI=1S/C17H26N2O2/c1-2-18-15-6-9-19(10-7-15)8-5-14-3-4-16-17(13-14)21-12-11-20-16/h3-4,13,15,18H,2,5-12H2,1H3. The van der Waals surface area contributed by atoms with Crippen LogP contribution in [-0.4, -0.2) is 50.3 Å². The number of nitrogens with one attached hydrogen (secondary N) is 1. The molecule has 0 aromatic heterocycles. The largest absolute Gasteiger partial charge is 0.486 e. The molecule has 0 saturated carbocycles. The van der Waals surface area contributed by atoms with E-state index in [2.05, 4.69) is 29.3 Å². The quantitative estimate of drug-likeness (QED) is 0.900. The Morgan fingerprint density at radius 3 is 2.67 bits per heavy atom. The minimum atomic E-state index is 0.660. The SMILES string of the molecule is CCNC1CCN(CCc2ccc3c(c2)OCCO3)CC1. The molecule has 3 rings (SSSR count). The van der Waals surface area contributed by atoms with Crippen molar-refractivity contribution in [2.45, 2.75) is 32.2 Å². The Balaban J connectivity index is 1.47. The van der Waals surface area contributed by atoms with E-state index in [1.165, 1.54) is 31.5 Å². The molecule has 0 bridgehead atoms. The highest BCUT2D eigenvalue weighted by Gasteiger charge is 2.18. The van der Waals surface area contributed by atoms with Crippen LogP contribution in [0.4, 0.5) is 0 Å². The Kier molecular flexibility index (Phi) is 4.99. The summed E-state index contributed by atoms with van der Waals surface area (Å²) in [4.78, 5) is 2.57. The lowest BCUT2D eigenvalue weighted by atomic mass is 10.0. The first kappa shape index (κ1) is 14.7. The summed E-state index contributed by atoms with van der Waals surface area (Å²) in [5.74, 6) is 1.79. The monoisotopic (exact) mass is 290 g/mol. The van der Waals surface area contributed by atoms with Crippen LogP contribution in [0.5, 0.6) is 11.5 Å². The molecule has 4 nitrogen and oxygen atoms in total. The van der Waals surface area contributed by atoms with Crippen LogP contribution in [0.15, 0.2) is 18.2 Å². The van der Waals surface area contributed by atoms with E-state index in [0.717, 1.165) is 37.1 Å². The van der Waals surface area contributed by atoms with Crippen molar-refractivity contribution < 1.29 is 9.47 Å². The maximum atomic E-state index is 5.65. The fourth-order valence-electron chi connectivity index (χ4n) is 3.18. The predicted octanol–water partition coefficient (Wildman–Crippen LogP) is 2.07. The van der Waals surface area contributed by atoms with Gasteiger partial charge in [0.2, 0.25) is 0 Å². The molecule has 1 aromatic rings. The summed E-state index contributed by atoms with van der Waals surface area (Å²) in [6, 6.07) is 7.07. The maximum Gasteiger partial charge on any atom is 0.161 e. The Labute approximate surface area is 127 Å². The van der Waals surface area contributed by atoms with Crippen LogP contribution in [0, 0.1) is 0 Å². The molecule has 1 fully saturated rings. The maximum absolute atomic E-state index is 5.65. The Bertz CT molecular complexity index is 456. The minimum absolute atomic E-state index is 0.660. The zero-order chi connectivity index (χ0) is 14.5. The Morgan fingerprint density at radius 1 is 1.14 bits per heavy atom. The molecule has 116 valence electrons. The van der Waals surface area contributed by atoms with Crippen molar-refractivity contribution in [3.05, 3.63) is 23.8 Å². The molecule has 2 heterocycles. The smallest absolute Gasteiger partial charge is 0.161 e. The lowest BCUT2D eigenvalue weighted by molar-refractivity contribution is 0.171. The van der Waals surface area contributed by atoms with Gasteiger partial charge in [0.25, 0.3) is 0 Å². The second-order valence-corrected chi connectivity index (χ2v) is 5.90.